The molecule has 0 bridgehead atoms. The third-order valence-electron chi connectivity index (χ3n) is 5.07. The third kappa shape index (κ3) is 6.35. The number of carbonyl (C=O) groups excluding carboxylic acids is 2. The molecule has 0 aromatic heterocycles. The van der Waals surface area contributed by atoms with Crippen LogP contribution in [0, 0.1) is 0 Å². The molecular weight excluding hydrogens is 452 g/mol. The van der Waals surface area contributed by atoms with E-state index in [0.717, 1.165) is 5.56 Å². The van der Waals surface area contributed by atoms with E-state index in [2.05, 4.69) is 10.6 Å². The Morgan fingerprint density at radius 1 is 0.714 bits per heavy atom. The standard InChI is InChI=1S/C26H28N2O7/c1-16(29)27-21-9-7-19(28-26(30)17-6-10-23(33-4)25(13-17)34-5)14-24(21)35-15-18-12-20(31-2)8-11-22(18)32-3/h6-14H,15H2,1-5H3,(H,27,29)(H,28,30). The van der Waals surface area contributed by atoms with Gasteiger partial charge in [-0.2, -0.15) is 0 Å². The fraction of sp³-hybridized carbons (Fsp3) is 0.231. The molecule has 0 aliphatic rings. The Balaban J connectivity index is 1.85. The first kappa shape index (κ1) is 25.2. The second-order valence-corrected chi connectivity index (χ2v) is 7.38. The molecule has 0 aliphatic heterocycles. The first-order valence-corrected chi connectivity index (χ1v) is 10.7. The number of hydrogen-bond acceptors (Lipinski definition) is 7. The summed E-state index contributed by atoms with van der Waals surface area (Å²) in [5, 5.41) is 5.57. The van der Waals surface area contributed by atoms with Crippen molar-refractivity contribution < 1.29 is 33.3 Å². The molecule has 0 atom stereocenters. The minimum absolute atomic E-state index is 0.139. The fourth-order valence-electron chi connectivity index (χ4n) is 3.34. The molecular formula is C26H28N2O7. The summed E-state index contributed by atoms with van der Waals surface area (Å²) in [5.41, 5.74) is 2.08. The van der Waals surface area contributed by atoms with Gasteiger partial charge in [0.25, 0.3) is 5.91 Å². The van der Waals surface area contributed by atoms with E-state index in [1.54, 1.807) is 68.8 Å². The molecule has 3 rings (SSSR count). The van der Waals surface area contributed by atoms with Crippen molar-refractivity contribution in [1.82, 2.24) is 0 Å². The second-order valence-electron chi connectivity index (χ2n) is 7.38. The first-order chi connectivity index (χ1) is 16.9. The molecule has 9 nitrogen and oxygen atoms in total. The molecule has 3 aromatic rings. The third-order valence-corrected chi connectivity index (χ3v) is 5.07. The van der Waals surface area contributed by atoms with Gasteiger partial charge in [0.1, 0.15) is 23.9 Å². The maximum absolute atomic E-state index is 12.8. The molecule has 2 N–H and O–H groups in total. The van der Waals surface area contributed by atoms with Crippen LogP contribution in [0.5, 0.6) is 28.7 Å². The van der Waals surface area contributed by atoms with Crippen LogP contribution in [0.3, 0.4) is 0 Å². The van der Waals surface area contributed by atoms with Crippen molar-refractivity contribution in [3.05, 3.63) is 65.7 Å². The molecule has 0 spiro atoms. The molecule has 2 amide bonds. The minimum Gasteiger partial charge on any atom is -0.497 e. The maximum Gasteiger partial charge on any atom is 0.255 e. The van der Waals surface area contributed by atoms with Crippen LogP contribution in [0.1, 0.15) is 22.8 Å². The number of carbonyl (C=O) groups is 2. The number of anilines is 2. The molecule has 0 aliphatic carbocycles. The lowest BCUT2D eigenvalue weighted by atomic mass is 10.1. The van der Waals surface area contributed by atoms with Gasteiger partial charge in [0.2, 0.25) is 5.91 Å². The zero-order valence-corrected chi connectivity index (χ0v) is 20.3. The minimum atomic E-state index is -0.348. The largest absolute Gasteiger partial charge is 0.497 e. The molecule has 35 heavy (non-hydrogen) atoms. The Morgan fingerprint density at radius 3 is 2.09 bits per heavy atom. The van der Waals surface area contributed by atoms with Crippen LogP contribution in [0.25, 0.3) is 0 Å². The Kier molecular flexibility index (Phi) is 8.39. The molecule has 3 aromatic carbocycles. The summed E-state index contributed by atoms with van der Waals surface area (Å²) in [4.78, 5) is 24.5. The number of benzene rings is 3. The predicted molar refractivity (Wildman–Crippen MR) is 132 cm³/mol. The Morgan fingerprint density at radius 2 is 1.43 bits per heavy atom. The van der Waals surface area contributed by atoms with E-state index >= 15 is 0 Å². The van der Waals surface area contributed by atoms with Crippen LogP contribution in [0.4, 0.5) is 11.4 Å². The number of hydrogen-bond donors (Lipinski definition) is 2. The lowest BCUT2D eigenvalue weighted by molar-refractivity contribution is -0.114. The Hall–Kier alpha value is -4.40. The van der Waals surface area contributed by atoms with Crippen molar-refractivity contribution in [2.45, 2.75) is 13.5 Å². The second kappa shape index (κ2) is 11.6. The topological polar surface area (TPSA) is 104 Å². The van der Waals surface area contributed by atoms with Gasteiger partial charge in [-0.25, -0.2) is 0 Å². The van der Waals surface area contributed by atoms with Crippen molar-refractivity contribution in [3.8, 4) is 28.7 Å². The van der Waals surface area contributed by atoms with E-state index in [1.807, 2.05) is 0 Å². The summed E-state index contributed by atoms with van der Waals surface area (Å²) < 4.78 is 27.2. The van der Waals surface area contributed by atoms with Gasteiger partial charge >= 0.3 is 0 Å². The molecule has 0 saturated carbocycles. The fourth-order valence-corrected chi connectivity index (χ4v) is 3.34. The average molecular weight is 481 g/mol. The molecule has 0 heterocycles. The maximum atomic E-state index is 12.8. The Labute approximate surface area is 203 Å². The number of nitrogens with one attached hydrogen (secondary N) is 2. The lowest BCUT2D eigenvalue weighted by Gasteiger charge is -2.16. The van der Waals surface area contributed by atoms with E-state index in [1.165, 1.54) is 21.1 Å². The van der Waals surface area contributed by atoms with Crippen molar-refractivity contribution in [2.75, 3.05) is 39.1 Å². The molecule has 184 valence electrons. The van der Waals surface area contributed by atoms with Gasteiger partial charge in [-0.15, -0.1) is 0 Å². The highest BCUT2D eigenvalue weighted by atomic mass is 16.5. The average Bonchev–Trinajstić information content (AvgIpc) is 2.87. The SMILES string of the molecule is COc1ccc(OC)c(COc2cc(NC(=O)c3ccc(OC)c(OC)c3)ccc2NC(C)=O)c1. The van der Waals surface area contributed by atoms with E-state index < -0.39 is 0 Å². The molecule has 9 heteroatoms. The van der Waals surface area contributed by atoms with Gasteiger partial charge in [0.15, 0.2) is 11.5 Å². The van der Waals surface area contributed by atoms with Gasteiger partial charge < -0.3 is 34.3 Å². The molecule has 0 saturated heterocycles. The summed E-state index contributed by atoms with van der Waals surface area (Å²) in [6.45, 7) is 1.54. The summed E-state index contributed by atoms with van der Waals surface area (Å²) in [6.07, 6.45) is 0. The molecule has 0 radical (unpaired) electrons. The van der Waals surface area contributed by atoms with Crippen molar-refractivity contribution in [1.29, 1.82) is 0 Å². The molecule has 0 fully saturated rings. The summed E-state index contributed by atoms with van der Waals surface area (Å²) >= 11 is 0. The summed E-state index contributed by atoms with van der Waals surface area (Å²) in [5.74, 6) is 2.02. The van der Waals surface area contributed by atoms with E-state index in [9.17, 15) is 9.59 Å². The van der Waals surface area contributed by atoms with Gasteiger partial charge in [-0.1, -0.05) is 0 Å². The van der Waals surface area contributed by atoms with Crippen LogP contribution in [-0.2, 0) is 11.4 Å². The van der Waals surface area contributed by atoms with Gasteiger partial charge in [0, 0.05) is 29.8 Å². The zero-order valence-electron chi connectivity index (χ0n) is 20.3. The molecule has 0 unspecified atom stereocenters. The number of ether oxygens (including phenoxy) is 5. The van der Waals surface area contributed by atoms with Crippen LogP contribution in [0.15, 0.2) is 54.6 Å². The van der Waals surface area contributed by atoms with E-state index in [4.69, 9.17) is 23.7 Å². The predicted octanol–water partition coefficient (Wildman–Crippen LogP) is 4.51. The van der Waals surface area contributed by atoms with Gasteiger partial charge in [-0.05, 0) is 48.5 Å². The van der Waals surface area contributed by atoms with Crippen LogP contribution < -0.4 is 34.3 Å². The van der Waals surface area contributed by atoms with Crippen molar-refractivity contribution in [2.24, 2.45) is 0 Å². The summed E-state index contributed by atoms with van der Waals surface area (Å²) in [7, 11) is 6.17. The number of amides is 2. The zero-order chi connectivity index (χ0) is 25.4. The van der Waals surface area contributed by atoms with E-state index in [0.29, 0.717) is 45.7 Å². The number of rotatable bonds is 10. The quantitative estimate of drug-likeness (QED) is 0.440. The van der Waals surface area contributed by atoms with Gasteiger partial charge in [-0.3, -0.25) is 9.59 Å². The van der Waals surface area contributed by atoms with E-state index in [-0.39, 0.29) is 18.4 Å². The normalized spacial score (nSPS) is 10.2. The summed E-state index contributed by atoms with van der Waals surface area (Å²) in [6, 6.07) is 15.2. The lowest BCUT2D eigenvalue weighted by Crippen LogP contribution is -2.13. The highest BCUT2D eigenvalue weighted by Gasteiger charge is 2.14. The van der Waals surface area contributed by atoms with Crippen LogP contribution >= 0.6 is 0 Å². The first-order valence-electron chi connectivity index (χ1n) is 10.7. The van der Waals surface area contributed by atoms with Gasteiger partial charge in [0.05, 0.1) is 34.1 Å². The van der Waals surface area contributed by atoms with Crippen LogP contribution in [0.2, 0.25) is 0 Å². The Bertz CT molecular complexity index is 1210. The smallest absolute Gasteiger partial charge is 0.255 e. The van der Waals surface area contributed by atoms with Crippen LogP contribution in [-0.4, -0.2) is 40.3 Å². The monoisotopic (exact) mass is 480 g/mol. The highest BCUT2D eigenvalue weighted by Crippen LogP contribution is 2.32. The highest BCUT2D eigenvalue weighted by molar-refractivity contribution is 6.05. The van der Waals surface area contributed by atoms with Crippen molar-refractivity contribution >= 4 is 23.2 Å². The number of methoxy groups -OCH3 is 4. The van der Waals surface area contributed by atoms with Crippen molar-refractivity contribution in [3.63, 3.8) is 0 Å².